The number of hydrogen-bond donors (Lipinski definition) is 1. The average molecular weight is 494 g/mol. The monoisotopic (exact) mass is 494 g/mol. The summed E-state index contributed by atoms with van der Waals surface area (Å²) in [5, 5.41) is -5.07. The van der Waals surface area contributed by atoms with Gasteiger partial charge in [0, 0.05) is 6.42 Å². The van der Waals surface area contributed by atoms with Gasteiger partial charge >= 0.3 is 35.0 Å². The van der Waals surface area contributed by atoms with Crippen LogP contribution in [0.25, 0.3) is 0 Å². The summed E-state index contributed by atoms with van der Waals surface area (Å²) >= 11 is 0. The zero-order valence-corrected chi connectivity index (χ0v) is 15.8. The van der Waals surface area contributed by atoms with Gasteiger partial charge in [0.2, 0.25) is 5.83 Å². The van der Waals surface area contributed by atoms with Crippen molar-refractivity contribution >= 4 is 27.8 Å². The first kappa shape index (κ1) is 28.7. The van der Waals surface area contributed by atoms with Gasteiger partial charge in [-0.15, -0.1) is 0 Å². The van der Waals surface area contributed by atoms with E-state index < -0.39 is 76.3 Å². The Balaban J connectivity index is 6.05. The van der Waals surface area contributed by atoms with Crippen molar-refractivity contribution in [1.29, 1.82) is 0 Å². The molecule has 0 aromatic carbocycles. The second-order valence-electron chi connectivity index (χ2n) is 5.57. The first-order valence-electron chi connectivity index (χ1n) is 7.39. The molecule has 1 atom stereocenters. The van der Waals surface area contributed by atoms with E-state index in [1.54, 1.807) is 0 Å². The predicted molar refractivity (Wildman–Crippen MR) is 79.0 cm³/mol. The van der Waals surface area contributed by atoms with Gasteiger partial charge in [-0.3, -0.25) is 9.59 Å². The van der Waals surface area contributed by atoms with Gasteiger partial charge in [-0.25, -0.2) is 13.2 Å². The van der Waals surface area contributed by atoms with Crippen LogP contribution in [-0.2, 0) is 34.0 Å². The number of alkyl halides is 7. The quantitative estimate of drug-likeness (QED) is 0.148. The van der Waals surface area contributed by atoms with E-state index in [4.69, 9.17) is 0 Å². The maximum Gasteiger partial charge on any atom is 0.466 e. The summed E-state index contributed by atoms with van der Waals surface area (Å²) in [6.45, 7) is -0.412. The number of Topliss-reactive ketones (excluding diaryl/α,β-unsaturated/α-hetero) is 1. The third-order valence-electron chi connectivity index (χ3n) is 3.09. The molecule has 0 saturated carbocycles. The molecule has 0 rings (SSSR count). The summed E-state index contributed by atoms with van der Waals surface area (Å²) < 4.78 is 144. The van der Waals surface area contributed by atoms with E-state index in [9.17, 15) is 62.5 Å². The van der Waals surface area contributed by atoms with Gasteiger partial charge in [-0.2, -0.15) is 35.1 Å². The Kier molecular flexibility index (Phi) is 8.72. The minimum atomic E-state index is -6.99. The molecule has 9 nitrogen and oxygen atoms in total. The van der Waals surface area contributed by atoms with E-state index in [2.05, 4.69) is 16.1 Å². The van der Waals surface area contributed by atoms with E-state index in [1.165, 1.54) is 5.32 Å². The molecule has 1 N–H and O–H groups in total. The number of halogens is 8. The van der Waals surface area contributed by atoms with Gasteiger partial charge in [0.15, 0.2) is 10.1 Å². The third-order valence-corrected chi connectivity index (χ3v) is 4.02. The van der Waals surface area contributed by atoms with Crippen LogP contribution in [0.3, 0.4) is 0 Å². The fourth-order valence-corrected chi connectivity index (χ4v) is 2.04. The summed E-state index contributed by atoms with van der Waals surface area (Å²) in [6, 6.07) is 0. The number of ether oxygens (including phenoxy) is 2. The van der Waals surface area contributed by atoms with Crippen LogP contribution in [-0.4, -0.2) is 66.9 Å². The molecule has 0 fully saturated rings. The summed E-state index contributed by atoms with van der Waals surface area (Å²) in [5.74, 6) is -19.1. The molecule has 0 aliphatic rings. The Morgan fingerprint density at radius 2 is 1.55 bits per heavy atom. The number of amides is 1. The molecule has 0 saturated heterocycles. The van der Waals surface area contributed by atoms with Gasteiger partial charge in [-0.1, -0.05) is 6.58 Å². The van der Waals surface area contributed by atoms with E-state index >= 15 is 0 Å². The van der Waals surface area contributed by atoms with Crippen molar-refractivity contribution in [2.24, 2.45) is 0 Å². The van der Waals surface area contributed by atoms with Crippen molar-refractivity contribution in [1.82, 2.24) is 5.32 Å². The lowest BCUT2D eigenvalue weighted by molar-refractivity contribution is -0.349. The molecule has 180 valence electrons. The highest BCUT2D eigenvalue weighted by molar-refractivity contribution is 7.86. The Morgan fingerprint density at radius 1 is 1.06 bits per heavy atom. The molecule has 0 aliphatic heterocycles. The van der Waals surface area contributed by atoms with Gasteiger partial charge in [0.1, 0.15) is 5.78 Å². The second kappa shape index (κ2) is 9.43. The highest BCUT2D eigenvalue weighted by atomic mass is 32.2. The molecule has 0 aromatic heterocycles. The molecular formula is C13H12F8NO8S-. The van der Waals surface area contributed by atoms with Crippen LogP contribution in [0.5, 0.6) is 0 Å². The van der Waals surface area contributed by atoms with Crippen LogP contribution < -0.4 is 5.32 Å². The van der Waals surface area contributed by atoms with Gasteiger partial charge in [-0.05, 0) is 6.92 Å². The second-order valence-corrected chi connectivity index (χ2v) is 6.99. The normalized spacial score (nSPS) is 15.0. The number of ketones is 1. The van der Waals surface area contributed by atoms with Gasteiger partial charge in [0.25, 0.3) is 0 Å². The Morgan fingerprint density at radius 3 is 1.90 bits per heavy atom. The molecule has 18 heteroatoms. The van der Waals surface area contributed by atoms with Crippen LogP contribution in [0.1, 0.15) is 13.3 Å². The van der Waals surface area contributed by atoms with Crippen LogP contribution in [0.2, 0.25) is 0 Å². The molecule has 1 unspecified atom stereocenters. The largest absolute Gasteiger partial charge is 0.743 e. The van der Waals surface area contributed by atoms with Crippen molar-refractivity contribution < 1.29 is 72.0 Å². The van der Waals surface area contributed by atoms with Crippen LogP contribution in [0.4, 0.5) is 35.1 Å². The van der Waals surface area contributed by atoms with Crippen molar-refractivity contribution in [2.45, 2.75) is 36.5 Å². The summed E-state index contributed by atoms with van der Waals surface area (Å²) in [6.07, 6.45) is -8.80. The minimum Gasteiger partial charge on any atom is -0.743 e. The van der Waals surface area contributed by atoms with Crippen LogP contribution in [0.15, 0.2) is 12.4 Å². The Hall–Kier alpha value is -2.34. The molecular weight excluding hydrogens is 482 g/mol. The molecule has 0 bridgehead atoms. The summed E-state index contributed by atoms with van der Waals surface area (Å²) in [5.41, 5.74) is 0. The highest BCUT2D eigenvalue weighted by Gasteiger charge is 2.67. The standard InChI is InChI=1S/C13H13F8NO8S/c1-6(23)5-22-9(25)11(12(17,18)19,30-8(24)7(2)14)29-4-3-10(15,16)13(20,21)31(26,27)28/h2-5H2,1H3,(H,22,25)(H,26,27,28)/p-1. The first-order valence-corrected chi connectivity index (χ1v) is 8.80. The SMILES string of the molecule is C=C(F)C(=O)OC(OCCC(F)(F)C(F)(F)S(=O)(=O)[O-])(C(=O)NCC(C)=O)C(F)(F)F. The topological polar surface area (TPSA) is 139 Å². The van der Waals surface area contributed by atoms with E-state index in [-0.39, 0.29) is 0 Å². The number of esters is 1. The zero-order chi connectivity index (χ0) is 25.1. The van der Waals surface area contributed by atoms with Gasteiger partial charge < -0.3 is 19.3 Å². The molecule has 31 heavy (non-hydrogen) atoms. The fourth-order valence-electron chi connectivity index (χ4n) is 1.57. The van der Waals surface area contributed by atoms with Crippen LogP contribution in [0, 0.1) is 0 Å². The van der Waals surface area contributed by atoms with Crippen molar-refractivity contribution in [3.05, 3.63) is 12.4 Å². The van der Waals surface area contributed by atoms with E-state index in [1.807, 2.05) is 0 Å². The molecule has 0 spiro atoms. The van der Waals surface area contributed by atoms with Crippen LogP contribution >= 0.6 is 0 Å². The molecule has 0 aliphatic carbocycles. The number of carbonyl (C=O) groups excluding carboxylic acids is 3. The predicted octanol–water partition coefficient (Wildman–Crippen LogP) is 1.16. The number of hydrogen-bond acceptors (Lipinski definition) is 8. The molecule has 0 heterocycles. The maximum absolute atomic E-state index is 13.4. The molecule has 1 amide bonds. The molecule has 0 aromatic rings. The fraction of sp³-hybridized carbons (Fsp3) is 0.615. The van der Waals surface area contributed by atoms with Crippen molar-refractivity contribution in [2.75, 3.05) is 13.2 Å². The lowest BCUT2D eigenvalue weighted by atomic mass is 10.2. The maximum atomic E-state index is 13.4. The molecule has 0 radical (unpaired) electrons. The van der Waals surface area contributed by atoms with Crippen molar-refractivity contribution in [3.63, 3.8) is 0 Å². The zero-order valence-electron chi connectivity index (χ0n) is 15.0. The summed E-state index contributed by atoms with van der Waals surface area (Å²) in [7, 11) is -6.99. The summed E-state index contributed by atoms with van der Waals surface area (Å²) in [4.78, 5) is 33.9. The lowest BCUT2D eigenvalue weighted by Gasteiger charge is -2.34. The van der Waals surface area contributed by atoms with E-state index in [0.717, 1.165) is 6.92 Å². The number of carbonyl (C=O) groups is 3. The number of rotatable bonds is 11. The van der Waals surface area contributed by atoms with E-state index in [0.29, 0.717) is 0 Å². The smallest absolute Gasteiger partial charge is 0.466 e. The van der Waals surface area contributed by atoms with Gasteiger partial charge in [0.05, 0.1) is 13.2 Å². The first-order chi connectivity index (χ1) is 13.6. The Labute approximate surface area is 168 Å². The number of nitrogens with one attached hydrogen (secondary N) is 1. The van der Waals surface area contributed by atoms with Crippen molar-refractivity contribution in [3.8, 4) is 0 Å². The highest BCUT2D eigenvalue weighted by Crippen LogP contribution is 2.42. The lowest BCUT2D eigenvalue weighted by Crippen LogP contribution is -2.62. The third kappa shape index (κ3) is 6.57. The Bertz CT molecular complexity index is 841. The average Bonchev–Trinajstić information content (AvgIpc) is 2.55. The minimum absolute atomic E-state index is 0.762.